The largest absolute Gasteiger partial charge is 0.490 e. The molecule has 0 aromatic heterocycles. The second kappa shape index (κ2) is 10.7. The van der Waals surface area contributed by atoms with Crippen LogP contribution in [-0.4, -0.2) is 29.2 Å². The number of allylic oxidation sites excluding steroid dienone is 1. The highest BCUT2D eigenvalue weighted by Crippen LogP contribution is 2.37. The number of terminal acetylenes is 1. The van der Waals surface area contributed by atoms with Crippen molar-refractivity contribution in [2.24, 2.45) is 0 Å². The number of nitrogens with zero attached hydrogens (tertiary/aromatic N) is 1. The molecule has 0 bridgehead atoms. The molecule has 1 heterocycles. The molecule has 0 atom stereocenters. The van der Waals surface area contributed by atoms with Gasteiger partial charge in [0.2, 0.25) is 0 Å². The summed E-state index contributed by atoms with van der Waals surface area (Å²) in [6.45, 7) is 6.23. The molecule has 32 heavy (non-hydrogen) atoms. The fourth-order valence-corrected chi connectivity index (χ4v) is 3.95. The number of ether oxygens (including phenoxy) is 2. The summed E-state index contributed by atoms with van der Waals surface area (Å²) in [4.78, 5) is 25.9. The molecule has 0 spiro atoms. The first-order valence-corrected chi connectivity index (χ1v) is 10.7. The maximum atomic E-state index is 13.2. The molecular weight excluding hydrogens is 429 g/mol. The molecule has 0 N–H and O–H groups in total. The van der Waals surface area contributed by atoms with Crippen molar-refractivity contribution in [3.63, 3.8) is 0 Å². The van der Waals surface area contributed by atoms with Crippen LogP contribution in [0.1, 0.15) is 23.6 Å². The van der Waals surface area contributed by atoms with Crippen molar-refractivity contribution in [2.75, 3.05) is 13.2 Å². The van der Waals surface area contributed by atoms with E-state index in [1.54, 1.807) is 30.4 Å². The first kappa shape index (κ1) is 23.2. The minimum atomic E-state index is -0.419. The van der Waals surface area contributed by atoms with E-state index in [9.17, 15) is 14.0 Å². The summed E-state index contributed by atoms with van der Waals surface area (Å²) >= 11 is 0.848. The molecule has 0 aliphatic carbocycles. The zero-order valence-electron chi connectivity index (χ0n) is 17.6. The van der Waals surface area contributed by atoms with Gasteiger partial charge in [-0.1, -0.05) is 24.1 Å². The fraction of sp³-hybridized carbons (Fsp3) is 0.200. The van der Waals surface area contributed by atoms with Crippen LogP contribution in [0.3, 0.4) is 0 Å². The highest BCUT2D eigenvalue weighted by Gasteiger charge is 2.34. The lowest BCUT2D eigenvalue weighted by Gasteiger charge is -2.17. The predicted molar refractivity (Wildman–Crippen MR) is 124 cm³/mol. The summed E-state index contributed by atoms with van der Waals surface area (Å²) in [5.74, 6) is 2.64. The van der Waals surface area contributed by atoms with Gasteiger partial charge in [-0.05, 0) is 66.6 Å². The number of hydrogen-bond acceptors (Lipinski definition) is 5. The van der Waals surface area contributed by atoms with Gasteiger partial charge in [0.1, 0.15) is 12.4 Å². The average molecular weight is 452 g/mol. The Labute approximate surface area is 190 Å². The van der Waals surface area contributed by atoms with Gasteiger partial charge in [-0.25, -0.2) is 4.39 Å². The monoisotopic (exact) mass is 451 g/mol. The smallest absolute Gasteiger partial charge is 0.294 e. The van der Waals surface area contributed by atoms with E-state index in [2.05, 4.69) is 12.5 Å². The van der Waals surface area contributed by atoms with Crippen LogP contribution in [0.4, 0.5) is 9.18 Å². The van der Waals surface area contributed by atoms with Gasteiger partial charge in [0.15, 0.2) is 11.5 Å². The quantitative estimate of drug-likeness (QED) is 0.298. The van der Waals surface area contributed by atoms with E-state index in [0.717, 1.165) is 27.8 Å². The van der Waals surface area contributed by atoms with Crippen LogP contribution in [0.5, 0.6) is 11.5 Å². The standard InChI is InChI=1S/C25H22FNO4S/c1-4-7-19-13-18(15-22-24(28)27(12-5-2)25(29)32-22)14-21(30-6-3)23(19)31-16-17-8-10-20(26)11-9-17/h2,4,8-11,13-15H,1,6-7,12,16H2,3H3/b22-15+. The number of halogens is 1. The van der Waals surface area contributed by atoms with Crippen LogP contribution >= 0.6 is 11.8 Å². The number of thioether (sulfide) groups is 1. The van der Waals surface area contributed by atoms with Gasteiger partial charge in [0, 0.05) is 5.56 Å². The lowest BCUT2D eigenvalue weighted by Crippen LogP contribution is -2.28. The molecule has 1 saturated heterocycles. The number of carbonyl (C=O) groups excluding carboxylic acids is 2. The molecule has 164 valence electrons. The van der Waals surface area contributed by atoms with Crippen LogP contribution in [0.15, 0.2) is 54.0 Å². The summed E-state index contributed by atoms with van der Waals surface area (Å²) < 4.78 is 25.0. The minimum absolute atomic E-state index is 0.0654. The minimum Gasteiger partial charge on any atom is -0.490 e. The second-order valence-corrected chi connectivity index (χ2v) is 7.81. The van der Waals surface area contributed by atoms with E-state index in [4.69, 9.17) is 15.9 Å². The van der Waals surface area contributed by atoms with E-state index < -0.39 is 11.1 Å². The highest BCUT2D eigenvalue weighted by molar-refractivity contribution is 8.18. The Morgan fingerprint density at radius 2 is 1.97 bits per heavy atom. The molecule has 2 aromatic carbocycles. The fourth-order valence-electron chi connectivity index (χ4n) is 3.12. The van der Waals surface area contributed by atoms with Crippen LogP contribution in [-0.2, 0) is 17.8 Å². The zero-order valence-corrected chi connectivity index (χ0v) is 18.4. The first-order valence-electron chi connectivity index (χ1n) is 9.93. The summed E-state index contributed by atoms with van der Waals surface area (Å²) in [6.07, 6.45) is 9.12. The summed E-state index contributed by atoms with van der Waals surface area (Å²) in [5.41, 5.74) is 2.30. The second-order valence-electron chi connectivity index (χ2n) is 6.82. The van der Waals surface area contributed by atoms with Crippen molar-refractivity contribution >= 4 is 29.0 Å². The van der Waals surface area contributed by atoms with Crippen LogP contribution in [0.2, 0.25) is 0 Å². The van der Waals surface area contributed by atoms with Crippen molar-refractivity contribution in [1.29, 1.82) is 0 Å². The van der Waals surface area contributed by atoms with E-state index in [-0.39, 0.29) is 23.9 Å². The molecule has 1 fully saturated rings. The summed E-state index contributed by atoms with van der Waals surface area (Å²) in [5, 5.41) is -0.394. The molecule has 3 rings (SSSR count). The van der Waals surface area contributed by atoms with Crippen molar-refractivity contribution in [3.8, 4) is 23.8 Å². The Morgan fingerprint density at radius 3 is 2.62 bits per heavy atom. The molecule has 0 saturated carbocycles. The van der Waals surface area contributed by atoms with Crippen molar-refractivity contribution in [3.05, 3.63) is 76.5 Å². The van der Waals surface area contributed by atoms with E-state index >= 15 is 0 Å². The number of benzene rings is 2. The Morgan fingerprint density at radius 1 is 1.22 bits per heavy atom. The van der Waals surface area contributed by atoms with Gasteiger partial charge < -0.3 is 9.47 Å². The summed E-state index contributed by atoms with van der Waals surface area (Å²) in [6, 6.07) is 9.68. The third-order valence-electron chi connectivity index (χ3n) is 4.54. The molecule has 0 unspecified atom stereocenters. The third kappa shape index (κ3) is 5.40. The topological polar surface area (TPSA) is 55.8 Å². The number of hydrogen-bond donors (Lipinski definition) is 0. The van der Waals surface area contributed by atoms with Crippen molar-refractivity contribution in [2.45, 2.75) is 20.0 Å². The van der Waals surface area contributed by atoms with Gasteiger partial charge in [-0.15, -0.1) is 13.0 Å². The molecule has 5 nitrogen and oxygen atoms in total. The van der Waals surface area contributed by atoms with Gasteiger partial charge in [0.25, 0.3) is 11.1 Å². The molecular formula is C25H22FNO4S. The van der Waals surface area contributed by atoms with Gasteiger partial charge in [-0.3, -0.25) is 14.5 Å². The lowest BCUT2D eigenvalue weighted by molar-refractivity contribution is -0.122. The van der Waals surface area contributed by atoms with Gasteiger partial charge in [0.05, 0.1) is 18.1 Å². The maximum Gasteiger partial charge on any atom is 0.294 e. The zero-order chi connectivity index (χ0) is 23.1. The normalized spacial score (nSPS) is 14.5. The van der Waals surface area contributed by atoms with Crippen LogP contribution < -0.4 is 9.47 Å². The Kier molecular flexibility index (Phi) is 7.74. The van der Waals surface area contributed by atoms with Crippen molar-refractivity contribution in [1.82, 2.24) is 4.90 Å². The molecule has 1 aliphatic heterocycles. The summed E-state index contributed by atoms with van der Waals surface area (Å²) in [7, 11) is 0. The molecule has 7 heteroatoms. The first-order chi connectivity index (χ1) is 15.5. The Bertz CT molecular complexity index is 1100. The maximum absolute atomic E-state index is 13.2. The lowest BCUT2D eigenvalue weighted by atomic mass is 10.0. The molecule has 1 aliphatic rings. The predicted octanol–water partition coefficient (Wildman–Crippen LogP) is 5.20. The molecule has 2 aromatic rings. The number of rotatable bonds is 9. The van der Waals surface area contributed by atoms with Gasteiger partial charge >= 0.3 is 0 Å². The van der Waals surface area contributed by atoms with Crippen molar-refractivity contribution < 1.29 is 23.5 Å². The number of amides is 2. The number of carbonyl (C=O) groups is 2. The van der Waals surface area contributed by atoms with Crippen LogP contribution in [0.25, 0.3) is 6.08 Å². The average Bonchev–Trinajstić information content (AvgIpc) is 3.02. The third-order valence-corrected chi connectivity index (χ3v) is 5.44. The highest BCUT2D eigenvalue weighted by atomic mass is 32.2. The Balaban J connectivity index is 1.94. The molecule has 0 radical (unpaired) electrons. The Hall–Kier alpha value is -3.50. The van der Waals surface area contributed by atoms with Crippen LogP contribution in [0, 0.1) is 18.2 Å². The van der Waals surface area contributed by atoms with E-state index in [1.807, 2.05) is 13.0 Å². The number of imide groups is 1. The van der Waals surface area contributed by atoms with E-state index in [1.165, 1.54) is 12.1 Å². The molecule has 2 amide bonds. The van der Waals surface area contributed by atoms with E-state index in [0.29, 0.717) is 30.1 Å². The van der Waals surface area contributed by atoms with Gasteiger partial charge in [-0.2, -0.15) is 0 Å². The SMILES string of the molecule is C#CCN1C(=O)S/C(=C/c2cc(CC=C)c(OCc3ccc(F)cc3)c(OCC)c2)C1=O.